The second-order valence-electron chi connectivity index (χ2n) is 6.05. The van der Waals surface area contributed by atoms with Crippen molar-refractivity contribution in [2.45, 2.75) is 13.5 Å². The number of aromatic nitrogens is 2. The SMILES string of the molecule is COc1ccc(-c2nnc(COc3cc4oc(=O)cc(C)c4cc3Cl)o2)cc1. The third-order valence-electron chi connectivity index (χ3n) is 4.16. The Morgan fingerprint density at radius 1 is 1.07 bits per heavy atom. The first kappa shape index (κ1) is 18.1. The highest BCUT2D eigenvalue weighted by Gasteiger charge is 2.13. The van der Waals surface area contributed by atoms with Crippen LogP contribution < -0.4 is 15.1 Å². The molecule has 0 aliphatic carbocycles. The summed E-state index contributed by atoms with van der Waals surface area (Å²) >= 11 is 6.29. The number of nitrogens with zero attached hydrogens (tertiary/aromatic N) is 2. The highest BCUT2D eigenvalue weighted by Crippen LogP contribution is 2.31. The summed E-state index contributed by atoms with van der Waals surface area (Å²) in [5, 5.41) is 9.14. The third-order valence-corrected chi connectivity index (χ3v) is 4.45. The normalized spacial score (nSPS) is 11.0. The molecule has 4 aromatic rings. The number of hydrogen-bond acceptors (Lipinski definition) is 7. The summed E-state index contributed by atoms with van der Waals surface area (Å²) in [6, 6.07) is 11.9. The van der Waals surface area contributed by atoms with Gasteiger partial charge in [0, 0.05) is 23.1 Å². The Hall–Kier alpha value is -3.32. The Bertz CT molecular complexity index is 1200. The Balaban J connectivity index is 1.54. The van der Waals surface area contributed by atoms with Gasteiger partial charge in [0.15, 0.2) is 6.61 Å². The predicted octanol–water partition coefficient (Wildman–Crippen LogP) is 4.39. The van der Waals surface area contributed by atoms with Gasteiger partial charge < -0.3 is 18.3 Å². The minimum atomic E-state index is -0.431. The molecule has 2 heterocycles. The van der Waals surface area contributed by atoms with E-state index >= 15 is 0 Å². The molecule has 0 aliphatic rings. The van der Waals surface area contributed by atoms with Crippen molar-refractivity contribution in [3.05, 3.63) is 69.4 Å². The van der Waals surface area contributed by atoms with Crippen LogP contribution in [0.4, 0.5) is 0 Å². The quantitative estimate of drug-likeness (QED) is 0.460. The average Bonchev–Trinajstić information content (AvgIpc) is 3.16. The number of halogens is 1. The average molecular weight is 399 g/mol. The lowest BCUT2D eigenvalue weighted by molar-refractivity contribution is 0.264. The van der Waals surface area contributed by atoms with Crippen LogP contribution >= 0.6 is 11.6 Å². The fourth-order valence-corrected chi connectivity index (χ4v) is 2.95. The predicted molar refractivity (Wildman–Crippen MR) is 103 cm³/mol. The van der Waals surface area contributed by atoms with Crippen LogP contribution in [0.25, 0.3) is 22.4 Å². The molecule has 2 aromatic heterocycles. The minimum Gasteiger partial charge on any atom is -0.497 e. The van der Waals surface area contributed by atoms with Crippen LogP contribution in [0.2, 0.25) is 5.02 Å². The lowest BCUT2D eigenvalue weighted by Gasteiger charge is -2.08. The smallest absolute Gasteiger partial charge is 0.336 e. The summed E-state index contributed by atoms with van der Waals surface area (Å²) in [6.07, 6.45) is 0. The van der Waals surface area contributed by atoms with Gasteiger partial charge in [-0.15, -0.1) is 10.2 Å². The Kier molecular flexibility index (Phi) is 4.75. The van der Waals surface area contributed by atoms with Gasteiger partial charge >= 0.3 is 5.63 Å². The molecule has 0 fully saturated rings. The monoisotopic (exact) mass is 398 g/mol. The van der Waals surface area contributed by atoms with Gasteiger partial charge in [-0.2, -0.15) is 0 Å². The molecule has 0 radical (unpaired) electrons. The molecule has 0 bridgehead atoms. The first-order valence-electron chi connectivity index (χ1n) is 8.37. The fraction of sp³-hybridized carbons (Fsp3) is 0.150. The summed E-state index contributed by atoms with van der Waals surface area (Å²) in [4.78, 5) is 11.6. The molecule has 8 heteroatoms. The number of rotatable bonds is 5. The van der Waals surface area contributed by atoms with Crippen molar-refractivity contribution in [2.24, 2.45) is 0 Å². The van der Waals surface area contributed by atoms with E-state index in [1.54, 1.807) is 31.4 Å². The van der Waals surface area contributed by atoms with Crippen molar-refractivity contribution in [1.29, 1.82) is 0 Å². The lowest BCUT2D eigenvalue weighted by atomic mass is 10.1. The van der Waals surface area contributed by atoms with E-state index in [-0.39, 0.29) is 12.5 Å². The summed E-state index contributed by atoms with van der Waals surface area (Å²) in [7, 11) is 1.60. The van der Waals surface area contributed by atoms with Crippen LogP contribution in [0.3, 0.4) is 0 Å². The number of aryl methyl sites for hydroxylation is 1. The topological polar surface area (TPSA) is 87.6 Å². The first-order valence-corrected chi connectivity index (χ1v) is 8.75. The number of hydrogen-bond donors (Lipinski definition) is 0. The maximum Gasteiger partial charge on any atom is 0.336 e. The molecule has 0 N–H and O–H groups in total. The fourth-order valence-electron chi connectivity index (χ4n) is 2.73. The first-order chi connectivity index (χ1) is 13.5. The van der Waals surface area contributed by atoms with Crippen molar-refractivity contribution < 1.29 is 18.3 Å². The van der Waals surface area contributed by atoms with Crippen molar-refractivity contribution in [3.63, 3.8) is 0 Å². The van der Waals surface area contributed by atoms with Gasteiger partial charge in [-0.05, 0) is 42.8 Å². The van der Waals surface area contributed by atoms with Gasteiger partial charge in [-0.1, -0.05) is 11.6 Å². The number of methoxy groups -OCH3 is 1. The Labute approximate surface area is 164 Å². The molecule has 0 saturated heterocycles. The van der Waals surface area contributed by atoms with Crippen LogP contribution in [0.5, 0.6) is 11.5 Å². The van der Waals surface area contributed by atoms with E-state index in [2.05, 4.69) is 10.2 Å². The maximum absolute atomic E-state index is 11.6. The van der Waals surface area contributed by atoms with Gasteiger partial charge in [0.05, 0.1) is 12.1 Å². The molecular weight excluding hydrogens is 384 g/mol. The standard InChI is InChI=1S/C20H15ClN2O5/c1-11-7-19(24)27-16-9-17(15(21)8-14(11)16)26-10-18-22-23-20(28-18)12-3-5-13(25-2)6-4-12/h3-9H,10H2,1-2H3. The largest absolute Gasteiger partial charge is 0.497 e. The highest BCUT2D eigenvalue weighted by molar-refractivity contribution is 6.32. The van der Waals surface area contributed by atoms with Gasteiger partial charge in [0.2, 0.25) is 5.89 Å². The van der Waals surface area contributed by atoms with Crippen LogP contribution in [0.15, 0.2) is 56.1 Å². The molecule has 28 heavy (non-hydrogen) atoms. The van der Waals surface area contributed by atoms with E-state index in [9.17, 15) is 4.79 Å². The third kappa shape index (κ3) is 3.57. The zero-order chi connectivity index (χ0) is 19.7. The van der Waals surface area contributed by atoms with Crippen molar-refractivity contribution in [2.75, 3.05) is 7.11 Å². The summed E-state index contributed by atoms with van der Waals surface area (Å²) in [6.45, 7) is 1.83. The molecule has 0 amide bonds. The summed E-state index contributed by atoms with van der Waals surface area (Å²) in [5.41, 5.74) is 1.51. The van der Waals surface area contributed by atoms with E-state index in [4.69, 9.17) is 29.9 Å². The molecule has 4 rings (SSSR count). The molecule has 0 spiro atoms. The van der Waals surface area contributed by atoms with Crippen LogP contribution in [-0.2, 0) is 6.61 Å². The van der Waals surface area contributed by atoms with Gasteiger partial charge in [-0.25, -0.2) is 4.79 Å². The van der Waals surface area contributed by atoms with Crippen molar-refractivity contribution in [1.82, 2.24) is 10.2 Å². The zero-order valence-corrected chi connectivity index (χ0v) is 15.8. The van der Waals surface area contributed by atoms with Crippen molar-refractivity contribution >= 4 is 22.6 Å². The molecule has 0 aliphatic heterocycles. The van der Waals surface area contributed by atoms with Gasteiger partial charge in [0.25, 0.3) is 5.89 Å². The van der Waals surface area contributed by atoms with Gasteiger partial charge in [0.1, 0.15) is 17.1 Å². The van der Waals surface area contributed by atoms with Crippen LogP contribution in [0, 0.1) is 6.92 Å². The van der Waals surface area contributed by atoms with E-state index in [0.717, 1.165) is 22.3 Å². The number of fused-ring (bicyclic) bond motifs is 1. The molecular formula is C20H15ClN2O5. The molecule has 7 nitrogen and oxygen atoms in total. The minimum absolute atomic E-state index is 0.0183. The van der Waals surface area contributed by atoms with Crippen LogP contribution in [-0.4, -0.2) is 17.3 Å². The van der Waals surface area contributed by atoms with Crippen molar-refractivity contribution in [3.8, 4) is 23.0 Å². The second-order valence-corrected chi connectivity index (χ2v) is 6.45. The number of ether oxygens (including phenoxy) is 2. The number of benzene rings is 2. The summed E-state index contributed by atoms with van der Waals surface area (Å²) in [5.74, 6) is 1.74. The van der Waals surface area contributed by atoms with E-state index in [1.807, 2.05) is 19.1 Å². The zero-order valence-electron chi connectivity index (χ0n) is 15.1. The molecule has 0 unspecified atom stereocenters. The second kappa shape index (κ2) is 7.36. The van der Waals surface area contributed by atoms with Gasteiger partial charge in [-0.3, -0.25) is 0 Å². The van der Waals surface area contributed by atoms with E-state index in [0.29, 0.717) is 22.2 Å². The highest BCUT2D eigenvalue weighted by atomic mass is 35.5. The maximum atomic E-state index is 11.6. The van der Waals surface area contributed by atoms with Crippen LogP contribution in [0.1, 0.15) is 11.5 Å². The van der Waals surface area contributed by atoms with E-state index < -0.39 is 5.63 Å². The lowest BCUT2D eigenvalue weighted by Crippen LogP contribution is -2.00. The molecule has 142 valence electrons. The molecule has 2 aromatic carbocycles. The molecule has 0 saturated carbocycles. The molecule has 0 atom stereocenters. The Morgan fingerprint density at radius 3 is 2.61 bits per heavy atom. The summed E-state index contributed by atoms with van der Waals surface area (Å²) < 4.78 is 21.7. The van der Waals surface area contributed by atoms with E-state index in [1.165, 1.54) is 6.07 Å². The Morgan fingerprint density at radius 2 is 1.86 bits per heavy atom.